The minimum atomic E-state index is 0.828. The summed E-state index contributed by atoms with van der Waals surface area (Å²) in [4.78, 5) is 8.25. The van der Waals surface area contributed by atoms with Crippen LogP contribution < -0.4 is 0 Å². The van der Waals surface area contributed by atoms with Gasteiger partial charge in [-0.1, -0.05) is 13.8 Å². The fourth-order valence-corrected chi connectivity index (χ4v) is 3.87. The molecule has 1 aliphatic carbocycles. The highest BCUT2D eigenvalue weighted by atomic mass is 32.1. The Balaban J connectivity index is 2.20. The first kappa shape index (κ1) is 15.1. The lowest BCUT2D eigenvalue weighted by atomic mass is 9.96. The van der Waals surface area contributed by atoms with Gasteiger partial charge in [-0.15, -0.1) is 11.3 Å². The molecule has 0 saturated heterocycles. The van der Waals surface area contributed by atoms with Gasteiger partial charge in [0.15, 0.2) is 0 Å². The van der Waals surface area contributed by atoms with E-state index in [1.807, 2.05) is 6.34 Å². The predicted molar refractivity (Wildman–Crippen MR) is 86.0 cm³/mol. The van der Waals surface area contributed by atoms with E-state index >= 15 is 0 Å². The van der Waals surface area contributed by atoms with Crippen LogP contribution in [0.1, 0.15) is 55.5 Å². The first-order chi connectivity index (χ1) is 9.80. The Kier molecular flexibility index (Phi) is 5.60. The van der Waals surface area contributed by atoms with Gasteiger partial charge in [-0.3, -0.25) is 0 Å². The third-order valence-electron chi connectivity index (χ3n) is 3.62. The molecule has 1 heterocycles. The second-order valence-corrected chi connectivity index (χ2v) is 6.37. The van der Waals surface area contributed by atoms with E-state index < -0.39 is 0 Å². The summed E-state index contributed by atoms with van der Waals surface area (Å²) in [6.45, 7) is 6.43. The summed E-state index contributed by atoms with van der Waals surface area (Å²) in [5.74, 6) is 0. The fourth-order valence-electron chi connectivity index (χ4n) is 2.69. The number of hydrogen-bond acceptors (Lipinski definition) is 3. The van der Waals surface area contributed by atoms with E-state index in [-0.39, 0.29) is 0 Å². The van der Waals surface area contributed by atoms with Crippen LogP contribution in [-0.4, -0.2) is 24.3 Å². The van der Waals surface area contributed by atoms with Crippen molar-refractivity contribution < 1.29 is 0 Å². The highest BCUT2D eigenvalue weighted by molar-refractivity contribution is 7.16. The molecule has 0 spiro atoms. The van der Waals surface area contributed by atoms with Gasteiger partial charge in [0.25, 0.3) is 0 Å². The molecule has 0 N–H and O–H groups in total. The highest BCUT2D eigenvalue weighted by Crippen LogP contribution is 2.39. The van der Waals surface area contributed by atoms with Crippen molar-refractivity contribution in [3.05, 3.63) is 16.0 Å². The summed E-state index contributed by atoms with van der Waals surface area (Å²) in [5, 5.41) is 10.3. The average Bonchev–Trinajstić information content (AvgIpc) is 2.82. The Morgan fingerprint density at radius 1 is 1.25 bits per heavy atom. The van der Waals surface area contributed by atoms with Crippen LogP contribution in [0, 0.1) is 11.3 Å². The molecule has 0 saturated carbocycles. The molecule has 0 unspecified atom stereocenters. The van der Waals surface area contributed by atoms with Gasteiger partial charge in [-0.2, -0.15) is 5.26 Å². The van der Waals surface area contributed by atoms with E-state index in [1.165, 1.54) is 23.3 Å². The summed E-state index contributed by atoms with van der Waals surface area (Å²) in [7, 11) is 0. The second-order valence-electron chi connectivity index (χ2n) is 5.28. The average molecular weight is 289 g/mol. The van der Waals surface area contributed by atoms with E-state index in [9.17, 15) is 5.26 Å². The smallest absolute Gasteiger partial charge is 0.136 e. The van der Waals surface area contributed by atoms with Crippen LogP contribution in [0.4, 0.5) is 5.00 Å². The Morgan fingerprint density at radius 3 is 2.60 bits per heavy atom. The molecule has 2 rings (SSSR count). The Labute approximate surface area is 125 Å². The Hall–Kier alpha value is -1.34. The minimum absolute atomic E-state index is 0.828. The lowest BCUT2D eigenvalue weighted by Crippen LogP contribution is -2.23. The summed E-state index contributed by atoms with van der Waals surface area (Å²) in [6.07, 6.45) is 8.82. The van der Waals surface area contributed by atoms with Gasteiger partial charge in [0.05, 0.1) is 11.9 Å². The van der Waals surface area contributed by atoms with Gasteiger partial charge >= 0.3 is 0 Å². The van der Waals surface area contributed by atoms with Crippen LogP contribution >= 0.6 is 11.3 Å². The van der Waals surface area contributed by atoms with Crippen molar-refractivity contribution in [3.8, 4) is 6.07 Å². The normalized spacial score (nSPS) is 14.2. The molecular formula is C16H23N3S. The lowest BCUT2D eigenvalue weighted by Gasteiger charge is -2.17. The zero-order valence-corrected chi connectivity index (χ0v) is 13.3. The van der Waals surface area contributed by atoms with Crippen molar-refractivity contribution in [1.29, 1.82) is 5.26 Å². The van der Waals surface area contributed by atoms with Gasteiger partial charge < -0.3 is 4.90 Å². The maximum Gasteiger partial charge on any atom is 0.136 e. The molecule has 4 heteroatoms. The van der Waals surface area contributed by atoms with E-state index in [1.54, 1.807) is 11.3 Å². The molecule has 0 radical (unpaired) electrons. The topological polar surface area (TPSA) is 39.4 Å². The summed E-state index contributed by atoms with van der Waals surface area (Å²) >= 11 is 1.72. The SMILES string of the molecule is CCCN(/C=N/c1sc2c(c1C#N)CCCC2)CCC. The molecule has 0 aliphatic heterocycles. The maximum absolute atomic E-state index is 9.40. The van der Waals surface area contributed by atoms with Crippen molar-refractivity contribution >= 4 is 22.7 Å². The van der Waals surface area contributed by atoms with Crippen LogP contribution in [0.3, 0.4) is 0 Å². The van der Waals surface area contributed by atoms with Crippen LogP contribution in [-0.2, 0) is 12.8 Å². The number of hydrogen-bond donors (Lipinski definition) is 0. The third kappa shape index (κ3) is 3.40. The molecule has 0 aromatic carbocycles. The zero-order chi connectivity index (χ0) is 14.4. The molecule has 0 atom stereocenters. The maximum atomic E-state index is 9.40. The van der Waals surface area contributed by atoms with E-state index in [2.05, 4.69) is 29.8 Å². The predicted octanol–water partition coefficient (Wildman–Crippen LogP) is 4.28. The summed E-state index contributed by atoms with van der Waals surface area (Å²) in [5.41, 5.74) is 2.10. The lowest BCUT2D eigenvalue weighted by molar-refractivity contribution is 0.429. The molecule has 1 aromatic heterocycles. The molecular weight excluding hydrogens is 266 g/mol. The zero-order valence-electron chi connectivity index (χ0n) is 12.5. The van der Waals surface area contributed by atoms with E-state index in [4.69, 9.17) is 0 Å². The van der Waals surface area contributed by atoms with E-state index in [0.717, 1.165) is 49.3 Å². The minimum Gasteiger partial charge on any atom is -0.363 e. The molecule has 3 nitrogen and oxygen atoms in total. The number of nitriles is 1. The number of aliphatic imine (C=N–C) groups is 1. The van der Waals surface area contributed by atoms with Crippen molar-refractivity contribution in [2.75, 3.05) is 13.1 Å². The van der Waals surface area contributed by atoms with Crippen LogP contribution in [0.15, 0.2) is 4.99 Å². The van der Waals surface area contributed by atoms with Gasteiger partial charge in [-0.25, -0.2) is 4.99 Å². The standard InChI is InChI=1S/C16H23N3S/c1-3-9-19(10-4-2)12-18-16-14(11-17)13-7-5-6-8-15(13)20-16/h12H,3-10H2,1-2H3/b18-12+. The number of aryl methyl sites for hydroxylation is 1. The molecule has 0 fully saturated rings. The van der Waals surface area contributed by atoms with Crippen molar-refractivity contribution in [3.63, 3.8) is 0 Å². The van der Waals surface area contributed by atoms with Crippen LogP contribution in [0.25, 0.3) is 0 Å². The first-order valence-corrected chi connectivity index (χ1v) is 8.44. The summed E-state index contributed by atoms with van der Waals surface area (Å²) < 4.78 is 0. The van der Waals surface area contributed by atoms with Gasteiger partial charge in [0.1, 0.15) is 11.1 Å². The monoisotopic (exact) mass is 289 g/mol. The summed E-state index contributed by atoms with van der Waals surface area (Å²) in [6, 6.07) is 2.37. The number of thiophene rings is 1. The van der Waals surface area contributed by atoms with Crippen molar-refractivity contribution in [2.24, 2.45) is 4.99 Å². The van der Waals surface area contributed by atoms with E-state index in [0.29, 0.717) is 0 Å². The number of nitrogens with zero attached hydrogens (tertiary/aromatic N) is 3. The highest BCUT2D eigenvalue weighted by Gasteiger charge is 2.20. The molecule has 20 heavy (non-hydrogen) atoms. The molecule has 108 valence electrons. The molecule has 1 aliphatic rings. The van der Waals surface area contributed by atoms with Crippen molar-refractivity contribution in [2.45, 2.75) is 52.4 Å². The largest absolute Gasteiger partial charge is 0.363 e. The quantitative estimate of drug-likeness (QED) is 0.579. The Morgan fingerprint density at radius 2 is 1.95 bits per heavy atom. The van der Waals surface area contributed by atoms with Crippen LogP contribution in [0.2, 0.25) is 0 Å². The Bertz CT molecular complexity index is 505. The molecule has 0 amide bonds. The third-order valence-corrected chi connectivity index (χ3v) is 4.82. The van der Waals surface area contributed by atoms with Crippen LogP contribution in [0.5, 0.6) is 0 Å². The number of fused-ring (bicyclic) bond motifs is 1. The second kappa shape index (κ2) is 7.44. The van der Waals surface area contributed by atoms with Gasteiger partial charge in [0, 0.05) is 18.0 Å². The first-order valence-electron chi connectivity index (χ1n) is 7.63. The van der Waals surface area contributed by atoms with Crippen molar-refractivity contribution in [1.82, 2.24) is 4.90 Å². The fraction of sp³-hybridized carbons (Fsp3) is 0.625. The number of rotatable bonds is 6. The van der Waals surface area contributed by atoms with Gasteiger partial charge in [0.2, 0.25) is 0 Å². The molecule has 1 aromatic rings. The van der Waals surface area contributed by atoms with Gasteiger partial charge in [-0.05, 0) is 44.1 Å². The molecule has 0 bridgehead atoms.